The highest BCUT2D eigenvalue weighted by Gasteiger charge is 2.33. The van der Waals surface area contributed by atoms with Crippen molar-refractivity contribution in [3.8, 4) is 0 Å². The lowest BCUT2D eigenvalue weighted by atomic mass is 9.84. The number of hydrogen-bond donors (Lipinski definition) is 2. The van der Waals surface area contributed by atoms with Gasteiger partial charge in [-0.25, -0.2) is 0 Å². The van der Waals surface area contributed by atoms with Gasteiger partial charge in [-0.3, -0.25) is 4.90 Å². The highest BCUT2D eigenvalue weighted by Crippen LogP contribution is 2.45. The van der Waals surface area contributed by atoms with Crippen molar-refractivity contribution in [1.29, 1.82) is 0 Å². The van der Waals surface area contributed by atoms with Crippen LogP contribution in [0.5, 0.6) is 0 Å². The van der Waals surface area contributed by atoms with Gasteiger partial charge < -0.3 is 29.2 Å². The van der Waals surface area contributed by atoms with Crippen molar-refractivity contribution in [1.82, 2.24) is 4.90 Å². The number of aliphatic hydroxyl groups excluding tert-OH is 2. The quantitative estimate of drug-likeness (QED) is 0.290. The number of likely N-dealkylation sites (tertiary alicyclic amines) is 1. The van der Waals surface area contributed by atoms with Gasteiger partial charge in [-0.1, -0.05) is 289 Å². The minimum absolute atomic E-state index is 0.0516. The van der Waals surface area contributed by atoms with Crippen LogP contribution in [0.25, 0.3) is 0 Å². The fourth-order valence-electron chi connectivity index (χ4n) is 20.8. The number of ether oxygens (including phenoxy) is 4. The topological polar surface area (TPSA) is 80.6 Å². The van der Waals surface area contributed by atoms with Crippen LogP contribution in [-0.2, 0) is 18.9 Å². The van der Waals surface area contributed by atoms with Gasteiger partial charge in [-0.15, -0.1) is 0 Å². The van der Waals surface area contributed by atoms with E-state index in [1.54, 1.807) is 0 Å². The Labute approximate surface area is 611 Å². The summed E-state index contributed by atoms with van der Waals surface area (Å²) >= 11 is 0. The highest BCUT2D eigenvalue weighted by atomic mass is 16.5. The van der Waals surface area contributed by atoms with Gasteiger partial charge in [0, 0.05) is 39.0 Å². The van der Waals surface area contributed by atoms with Crippen molar-refractivity contribution in [3.05, 3.63) is 0 Å². The minimum atomic E-state index is -0.195. The largest absolute Gasteiger partial charge is 0.395 e. The Kier molecular flexibility index (Phi) is 45.2. The summed E-state index contributed by atoms with van der Waals surface area (Å²) < 4.78 is 25.5. The lowest BCUT2D eigenvalue weighted by Crippen LogP contribution is -2.41. The fraction of sp³-hybridized carbons (Fsp3) is 1.00. The monoisotopic (exact) mass is 1380 g/mol. The fourth-order valence-corrected chi connectivity index (χ4v) is 20.8. The van der Waals surface area contributed by atoms with Crippen molar-refractivity contribution in [2.45, 2.75) is 397 Å². The summed E-state index contributed by atoms with van der Waals surface area (Å²) in [5.41, 5.74) is 0. The summed E-state index contributed by atoms with van der Waals surface area (Å²) in [5, 5.41) is 20.3. The summed E-state index contributed by atoms with van der Waals surface area (Å²) in [6.45, 7) is 37.0. The predicted molar refractivity (Wildman–Crippen MR) is 421 cm³/mol. The molecule has 0 aromatic heterocycles. The first-order valence-corrected chi connectivity index (χ1v) is 44.8. The van der Waals surface area contributed by atoms with Gasteiger partial charge in [-0.05, 0) is 215 Å². The third-order valence-corrected chi connectivity index (χ3v) is 28.9. The van der Waals surface area contributed by atoms with Crippen molar-refractivity contribution in [2.75, 3.05) is 65.9 Å². The molecule has 578 valence electrons. The van der Waals surface area contributed by atoms with Gasteiger partial charge in [-0.2, -0.15) is 0 Å². The van der Waals surface area contributed by atoms with Crippen LogP contribution < -0.4 is 0 Å². The number of nitrogens with zero attached hydrogens (tertiary/aromatic N) is 1. The standard InChI is InChI=1S/C91H173NO6/c1-69-22-13-30-77(9)85-47-43-81(60-85)34-17-26-73(5)51-56-95-67-90(64-92-55-21-38-89(92)65-93)97-58-53-75(7)28-19-36-83-45-49-87(62-83)79(11)32-15-24-71(3)41-42-72(4)25-16-33-80(12)88-50-46-84(63-88)37-20-29-76(8)54-59-98-91(66-94)68-96-57-52-74(6)27-18-35-82-44-48-86(61-82)78(10)31-14-23-70(2)40-39-69/h69-91,93-94H,13-68H2,1-12H3. The first-order chi connectivity index (χ1) is 47.4. The maximum absolute atomic E-state index is 10.2. The van der Waals surface area contributed by atoms with Gasteiger partial charge in [0.25, 0.3) is 0 Å². The second-order valence-corrected chi connectivity index (χ2v) is 38.1. The third kappa shape index (κ3) is 36.3. The lowest BCUT2D eigenvalue weighted by molar-refractivity contribution is -0.0471. The summed E-state index contributed by atoms with van der Waals surface area (Å²) in [6.07, 6.45) is 63.7. The molecule has 6 fully saturated rings. The zero-order chi connectivity index (χ0) is 70.3. The molecule has 23 atom stereocenters. The molecule has 4 saturated carbocycles. The number of hydrogen-bond acceptors (Lipinski definition) is 7. The Morgan fingerprint density at radius 2 is 0.551 bits per heavy atom. The first-order valence-electron chi connectivity index (χ1n) is 44.8. The van der Waals surface area contributed by atoms with Crippen LogP contribution in [0.2, 0.25) is 0 Å². The molecule has 6 rings (SSSR count). The maximum atomic E-state index is 10.2. The Balaban J connectivity index is 0.874. The molecule has 0 radical (unpaired) electrons. The van der Waals surface area contributed by atoms with E-state index in [9.17, 15) is 10.2 Å². The zero-order valence-electron chi connectivity index (χ0n) is 67.9. The molecular formula is C91H173NO6. The highest BCUT2D eigenvalue weighted by molar-refractivity contribution is 4.85. The second-order valence-electron chi connectivity index (χ2n) is 38.1. The normalized spacial score (nSPS) is 40.7. The summed E-state index contributed by atoms with van der Waals surface area (Å²) in [6, 6.07) is 0.283. The van der Waals surface area contributed by atoms with E-state index in [-0.39, 0.29) is 31.5 Å². The molecule has 0 aromatic carbocycles. The van der Waals surface area contributed by atoms with Gasteiger partial charge >= 0.3 is 0 Å². The van der Waals surface area contributed by atoms with E-state index >= 15 is 0 Å². The molecule has 2 saturated heterocycles. The molecule has 98 heavy (non-hydrogen) atoms. The van der Waals surface area contributed by atoms with Gasteiger partial charge in [0.1, 0.15) is 6.10 Å². The van der Waals surface area contributed by atoms with E-state index in [0.29, 0.717) is 36.9 Å². The van der Waals surface area contributed by atoms with Crippen LogP contribution >= 0.6 is 0 Å². The molecule has 0 amide bonds. The zero-order valence-corrected chi connectivity index (χ0v) is 67.9. The number of fused-ring (bicyclic) bond motifs is 8. The van der Waals surface area contributed by atoms with Crippen LogP contribution in [0.1, 0.15) is 378 Å². The smallest absolute Gasteiger partial charge is 0.104 e. The summed E-state index contributed by atoms with van der Waals surface area (Å²) in [5.74, 6) is 17.4. The van der Waals surface area contributed by atoms with Gasteiger partial charge in [0.15, 0.2) is 0 Å². The van der Waals surface area contributed by atoms with E-state index in [4.69, 9.17) is 18.9 Å². The molecular weight excluding hydrogens is 1200 g/mol. The SMILES string of the molecule is CC1CCCC2CCC(C2)C(C)CCCC(C)CCC(C)CCCC(C)C2CCC(CCCC(C)CCOCC(CN3CCCC3CO)OCCC(C)CCCC3CCC(C3)C(C)CCCC(C)CCC(C)CCCC(C)C3CCC(CCCC(C)CCOC(CO)COCC1)C3)C2. The van der Waals surface area contributed by atoms with Crippen LogP contribution in [0, 0.1) is 118 Å². The molecule has 2 heterocycles. The van der Waals surface area contributed by atoms with E-state index in [0.717, 1.165) is 166 Å². The third-order valence-electron chi connectivity index (χ3n) is 28.9. The summed E-state index contributed by atoms with van der Waals surface area (Å²) in [4.78, 5) is 2.48. The molecule has 23 unspecified atom stereocenters. The number of rotatable bonds is 4. The number of aliphatic hydroxyl groups is 2. The van der Waals surface area contributed by atoms with E-state index < -0.39 is 0 Å². The van der Waals surface area contributed by atoms with E-state index in [2.05, 4.69) is 88.0 Å². The molecule has 8 bridgehead atoms. The average Bonchev–Trinajstić information content (AvgIpc) is 1.88. The van der Waals surface area contributed by atoms with Crippen molar-refractivity contribution in [3.63, 3.8) is 0 Å². The molecule has 7 heteroatoms. The van der Waals surface area contributed by atoms with E-state index in [1.165, 1.54) is 263 Å². The molecule has 4 aliphatic carbocycles. The van der Waals surface area contributed by atoms with Gasteiger partial charge in [0.05, 0.1) is 32.5 Å². The summed E-state index contributed by atoms with van der Waals surface area (Å²) in [7, 11) is 0. The molecule has 0 aromatic rings. The maximum Gasteiger partial charge on any atom is 0.104 e. The van der Waals surface area contributed by atoms with Crippen LogP contribution in [-0.4, -0.2) is 99.3 Å². The first kappa shape index (κ1) is 86.6. The Hall–Kier alpha value is -0.280. The van der Waals surface area contributed by atoms with Gasteiger partial charge in [0.2, 0.25) is 0 Å². The lowest BCUT2D eigenvalue weighted by Gasteiger charge is -2.28. The molecule has 0 spiro atoms. The van der Waals surface area contributed by atoms with Crippen molar-refractivity contribution >= 4 is 0 Å². The molecule has 6 aliphatic rings. The molecule has 7 nitrogen and oxygen atoms in total. The van der Waals surface area contributed by atoms with Crippen LogP contribution in [0.4, 0.5) is 0 Å². The Bertz CT molecular complexity index is 1900. The molecule has 2 aliphatic heterocycles. The van der Waals surface area contributed by atoms with Crippen LogP contribution in [0.15, 0.2) is 0 Å². The Morgan fingerprint density at radius 3 is 0.867 bits per heavy atom. The Morgan fingerprint density at radius 1 is 0.265 bits per heavy atom. The predicted octanol–water partition coefficient (Wildman–Crippen LogP) is 25.0. The van der Waals surface area contributed by atoms with Crippen molar-refractivity contribution in [2.24, 2.45) is 118 Å². The minimum Gasteiger partial charge on any atom is -0.395 e. The molecule has 2 N–H and O–H groups in total. The van der Waals surface area contributed by atoms with E-state index in [1.807, 2.05) is 0 Å². The van der Waals surface area contributed by atoms with Crippen LogP contribution in [0.3, 0.4) is 0 Å². The average molecular weight is 1380 g/mol. The van der Waals surface area contributed by atoms with Crippen molar-refractivity contribution < 1.29 is 29.2 Å². The second kappa shape index (κ2) is 51.1.